The molecular formula is C7H8O4. The Morgan fingerprint density at radius 2 is 2.45 bits per heavy atom. The lowest BCUT2D eigenvalue weighted by molar-refractivity contribution is 0.0484. The second-order valence-corrected chi connectivity index (χ2v) is 1.86. The molecule has 0 fully saturated rings. The zero-order valence-corrected chi connectivity index (χ0v) is 6.03. The van der Waals surface area contributed by atoms with Gasteiger partial charge in [-0.3, -0.25) is 0 Å². The molecule has 0 saturated carbocycles. The smallest absolute Gasteiger partial charge is 0.374 e. The van der Waals surface area contributed by atoms with Gasteiger partial charge in [-0.15, -0.1) is 0 Å². The number of esters is 1. The van der Waals surface area contributed by atoms with Gasteiger partial charge in [0.15, 0.2) is 0 Å². The predicted molar refractivity (Wildman–Crippen MR) is 36.3 cm³/mol. The van der Waals surface area contributed by atoms with Gasteiger partial charge in [0.1, 0.15) is 0 Å². The highest BCUT2D eigenvalue weighted by atomic mass is 16.6. The van der Waals surface area contributed by atoms with Crippen molar-refractivity contribution in [3.63, 3.8) is 0 Å². The number of ether oxygens (including phenoxy) is 1. The van der Waals surface area contributed by atoms with Crippen molar-refractivity contribution in [2.24, 2.45) is 0 Å². The first-order chi connectivity index (χ1) is 5.24. The summed E-state index contributed by atoms with van der Waals surface area (Å²) in [5, 5.41) is 8.70. The molecule has 0 spiro atoms. The van der Waals surface area contributed by atoms with E-state index in [-0.39, 0.29) is 11.7 Å². The molecular weight excluding hydrogens is 148 g/mol. The van der Waals surface area contributed by atoms with E-state index in [0.29, 0.717) is 6.61 Å². The van der Waals surface area contributed by atoms with E-state index in [4.69, 9.17) is 5.11 Å². The molecule has 0 saturated heterocycles. The van der Waals surface area contributed by atoms with E-state index < -0.39 is 5.97 Å². The van der Waals surface area contributed by atoms with Crippen LogP contribution in [0.3, 0.4) is 0 Å². The minimum Gasteiger partial charge on any atom is -0.481 e. The minimum absolute atomic E-state index is 0.0179. The van der Waals surface area contributed by atoms with Crippen LogP contribution in [0.25, 0.3) is 0 Å². The summed E-state index contributed by atoms with van der Waals surface area (Å²) in [6, 6.07) is 2.64. The molecule has 0 aromatic carbocycles. The molecule has 1 aromatic heterocycles. The van der Waals surface area contributed by atoms with Crippen molar-refractivity contribution in [2.75, 3.05) is 6.61 Å². The zero-order valence-electron chi connectivity index (χ0n) is 6.03. The predicted octanol–water partition coefficient (Wildman–Crippen LogP) is 1.16. The summed E-state index contributed by atoms with van der Waals surface area (Å²) in [6.07, 6.45) is 0. The fraction of sp³-hybridized carbons (Fsp3) is 0.286. The van der Waals surface area contributed by atoms with Gasteiger partial charge in [-0.25, -0.2) is 4.79 Å². The van der Waals surface area contributed by atoms with Crippen LogP contribution in [0.15, 0.2) is 16.5 Å². The van der Waals surface area contributed by atoms with Gasteiger partial charge < -0.3 is 14.3 Å². The summed E-state index contributed by atoms with van der Waals surface area (Å²) < 4.78 is 9.18. The van der Waals surface area contributed by atoms with E-state index in [0.717, 1.165) is 0 Å². The molecule has 4 heteroatoms. The van der Waals surface area contributed by atoms with Crippen LogP contribution >= 0.6 is 0 Å². The number of furan rings is 1. The fourth-order valence-electron chi connectivity index (χ4n) is 0.640. The minimum atomic E-state index is -0.562. The van der Waals surface area contributed by atoms with E-state index in [9.17, 15) is 4.79 Å². The third-order valence-corrected chi connectivity index (χ3v) is 1.07. The Kier molecular flexibility index (Phi) is 2.15. The first-order valence-electron chi connectivity index (χ1n) is 3.20. The summed E-state index contributed by atoms with van der Waals surface area (Å²) in [5.74, 6) is -0.829. The molecule has 1 N–H and O–H groups in total. The van der Waals surface area contributed by atoms with E-state index in [2.05, 4.69) is 9.15 Å². The highest BCUT2D eigenvalue weighted by Gasteiger charge is 2.10. The SMILES string of the molecule is CCOC(=O)c1ccc(O)o1. The van der Waals surface area contributed by atoms with E-state index in [1.54, 1.807) is 6.92 Å². The third-order valence-electron chi connectivity index (χ3n) is 1.07. The maximum atomic E-state index is 10.8. The monoisotopic (exact) mass is 156 g/mol. The molecule has 4 nitrogen and oxygen atoms in total. The average Bonchev–Trinajstić information content (AvgIpc) is 2.36. The Hall–Kier alpha value is -1.45. The molecule has 11 heavy (non-hydrogen) atoms. The maximum Gasteiger partial charge on any atom is 0.374 e. The number of rotatable bonds is 2. The van der Waals surface area contributed by atoms with Gasteiger partial charge >= 0.3 is 5.97 Å². The van der Waals surface area contributed by atoms with Gasteiger partial charge in [0.2, 0.25) is 5.76 Å². The summed E-state index contributed by atoms with van der Waals surface area (Å²) in [5.41, 5.74) is 0. The first-order valence-corrected chi connectivity index (χ1v) is 3.20. The summed E-state index contributed by atoms with van der Waals surface area (Å²) >= 11 is 0. The molecule has 60 valence electrons. The lowest BCUT2D eigenvalue weighted by Crippen LogP contribution is -2.02. The highest BCUT2D eigenvalue weighted by molar-refractivity contribution is 5.86. The van der Waals surface area contributed by atoms with Crippen LogP contribution in [0, 0.1) is 0 Å². The second kappa shape index (κ2) is 3.09. The molecule has 1 aromatic rings. The number of carbonyl (C=O) groups is 1. The number of hydrogen-bond acceptors (Lipinski definition) is 4. The average molecular weight is 156 g/mol. The fourth-order valence-corrected chi connectivity index (χ4v) is 0.640. The Bertz CT molecular complexity index is 251. The Labute approximate surface area is 63.4 Å². The van der Waals surface area contributed by atoms with Crippen molar-refractivity contribution < 1.29 is 19.1 Å². The standard InChI is InChI=1S/C7H8O4/c1-2-10-7(9)5-3-4-6(8)11-5/h3-4,8H,2H2,1H3. The van der Waals surface area contributed by atoms with Crippen molar-refractivity contribution in [1.29, 1.82) is 0 Å². The van der Waals surface area contributed by atoms with Gasteiger partial charge in [0.05, 0.1) is 6.61 Å². The Balaban J connectivity index is 2.69. The third kappa shape index (κ3) is 1.73. The number of hydrogen-bond donors (Lipinski definition) is 1. The van der Waals surface area contributed by atoms with E-state index in [1.165, 1.54) is 12.1 Å². The van der Waals surface area contributed by atoms with Crippen LogP contribution in [0.5, 0.6) is 5.95 Å². The van der Waals surface area contributed by atoms with Gasteiger partial charge in [-0.05, 0) is 13.0 Å². The van der Waals surface area contributed by atoms with Gasteiger partial charge in [0, 0.05) is 6.07 Å². The summed E-state index contributed by atoms with van der Waals surface area (Å²) in [6.45, 7) is 1.99. The lowest BCUT2D eigenvalue weighted by atomic mass is 10.5. The lowest BCUT2D eigenvalue weighted by Gasteiger charge is -1.95. The van der Waals surface area contributed by atoms with E-state index in [1.807, 2.05) is 0 Å². The van der Waals surface area contributed by atoms with Gasteiger partial charge in [0.25, 0.3) is 5.95 Å². The largest absolute Gasteiger partial charge is 0.481 e. The van der Waals surface area contributed by atoms with Crippen LogP contribution in [0.2, 0.25) is 0 Å². The number of aromatic hydroxyl groups is 1. The molecule has 0 bridgehead atoms. The number of carbonyl (C=O) groups excluding carboxylic acids is 1. The Morgan fingerprint density at radius 1 is 1.73 bits per heavy atom. The van der Waals surface area contributed by atoms with Crippen molar-refractivity contribution in [2.45, 2.75) is 6.92 Å². The molecule has 1 rings (SSSR count). The summed E-state index contributed by atoms with van der Waals surface area (Å²) in [7, 11) is 0. The van der Waals surface area contributed by atoms with Crippen molar-refractivity contribution >= 4 is 5.97 Å². The molecule has 0 radical (unpaired) electrons. The maximum absolute atomic E-state index is 10.8. The highest BCUT2D eigenvalue weighted by Crippen LogP contribution is 2.13. The van der Waals surface area contributed by atoms with Crippen LogP contribution in [-0.2, 0) is 4.74 Å². The molecule has 0 unspecified atom stereocenters. The normalized spacial score (nSPS) is 9.55. The molecule has 0 aliphatic rings. The van der Waals surface area contributed by atoms with Crippen LogP contribution in [-0.4, -0.2) is 17.7 Å². The van der Waals surface area contributed by atoms with Crippen molar-refractivity contribution in [3.8, 4) is 5.95 Å². The van der Waals surface area contributed by atoms with Crippen LogP contribution < -0.4 is 0 Å². The molecule has 1 heterocycles. The topological polar surface area (TPSA) is 59.7 Å². The van der Waals surface area contributed by atoms with Crippen molar-refractivity contribution in [1.82, 2.24) is 0 Å². The molecule has 0 atom stereocenters. The molecule has 0 aliphatic heterocycles. The molecule has 0 aliphatic carbocycles. The quantitative estimate of drug-likeness (QED) is 0.652. The molecule has 0 amide bonds. The van der Waals surface area contributed by atoms with Gasteiger partial charge in [-0.1, -0.05) is 0 Å². The zero-order chi connectivity index (χ0) is 8.27. The van der Waals surface area contributed by atoms with Crippen molar-refractivity contribution in [3.05, 3.63) is 17.9 Å². The summed E-state index contributed by atoms with van der Waals surface area (Å²) in [4.78, 5) is 10.8. The second-order valence-electron chi connectivity index (χ2n) is 1.86. The van der Waals surface area contributed by atoms with Gasteiger partial charge in [-0.2, -0.15) is 0 Å². The van der Waals surface area contributed by atoms with Crippen LogP contribution in [0.4, 0.5) is 0 Å². The first kappa shape index (κ1) is 7.65. The van der Waals surface area contributed by atoms with Crippen LogP contribution in [0.1, 0.15) is 17.5 Å². The van der Waals surface area contributed by atoms with E-state index >= 15 is 0 Å². The Morgan fingerprint density at radius 3 is 2.91 bits per heavy atom.